The van der Waals surface area contributed by atoms with Gasteiger partial charge in [-0.15, -0.1) is 0 Å². The molecule has 1 aromatic carbocycles. The van der Waals surface area contributed by atoms with Crippen molar-refractivity contribution in [1.82, 2.24) is 19.9 Å². The van der Waals surface area contributed by atoms with Gasteiger partial charge in [0.1, 0.15) is 0 Å². The van der Waals surface area contributed by atoms with Crippen LogP contribution in [0.1, 0.15) is 12.6 Å². The second-order valence-electron chi connectivity index (χ2n) is 4.56. The van der Waals surface area contributed by atoms with E-state index >= 15 is 0 Å². The number of hydrogen-bond acceptors (Lipinski definition) is 5. The lowest BCUT2D eigenvalue weighted by molar-refractivity contribution is 0.432. The molecule has 20 heavy (non-hydrogen) atoms. The first-order valence-corrected chi connectivity index (χ1v) is 6.40. The van der Waals surface area contributed by atoms with Crippen LogP contribution in [0, 0.1) is 0 Å². The van der Waals surface area contributed by atoms with Gasteiger partial charge in [0.25, 0.3) is 5.89 Å². The number of rotatable bonds is 3. The molecular weight excluding hydrogens is 254 g/mol. The Morgan fingerprint density at radius 2 is 2.00 bits per heavy atom. The van der Waals surface area contributed by atoms with E-state index in [1.54, 1.807) is 4.68 Å². The Bertz CT molecular complexity index is 726. The fraction of sp³-hybridized carbons (Fsp3) is 0.214. The highest BCUT2D eigenvalue weighted by Gasteiger charge is 2.16. The normalized spacial score (nSPS) is 10.9. The largest absolute Gasteiger partial charge is 0.399 e. The SMILES string of the molecule is CCc1nn(C)cc1-c1nc(-c2ccc(N)cc2)no1. The van der Waals surface area contributed by atoms with E-state index in [1.807, 2.05) is 44.4 Å². The molecule has 0 aliphatic carbocycles. The molecule has 0 amide bonds. The van der Waals surface area contributed by atoms with Crippen molar-refractivity contribution >= 4 is 5.69 Å². The van der Waals surface area contributed by atoms with Crippen molar-refractivity contribution in [2.75, 3.05) is 5.73 Å². The number of benzene rings is 1. The average molecular weight is 269 g/mol. The third kappa shape index (κ3) is 2.16. The Kier molecular flexibility index (Phi) is 2.98. The van der Waals surface area contributed by atoms with E-state index in [0.29, 0.717) is 17.4 Å². The summed E-state index contributed by atoms with van der Waals surface area (Å²) in [4.78, 5) is 4.43. The van der Waals surface area contributed by atoms with Crippen molar-refractivity contribution in [3.8, 4) is 22.8 Å². The maximum Gasteiger partial charge on any atom is 0.261 e. The van der Waals surface area contributed by atoms with Crippen molar-refractivity contribution in [1.29, 1.82) is 0 Å². The zero-order valence-corrected chi connectivity index (χ0v) is 11.4. The summed E-state index contributed by atoms with van der Waals surface area (Å²) in [5.41, 5.74) is 9.07. The Labute approximate surface area is 116 Å². The summed E-state index contributed by atoms with van der Waals surface area (Å²) in [7, 11) is 1.87. The molecule has 0 saturated carbocycles. The molecule has 0 aliphatic heterocycles. The zero-order valence-electron chi connectivity index (χ0n) is 11.4. The molecule has 2 N–H and O–H groups in total. The minimum absolute atomic E-state index is 0.488. The van der Waals surface area contributed by atoms with Crippen LogP contribution in [0.25, 0.3) is 22.8 Å². The smallest absolute Gasteiger partial charge is 0.261 e. The van der Waals surface area contributed by atoms with Crippen LogP contribution in [0.15, 0.2) is 35.0 Å². The Balaban J connectivity index is 1.99. The number of aromatic nitrogens is 4. The minimum atomic E-state index is 0.488. The fourth-order valence-corrected chi connectivity index (χ4v) is 2.06. The molecule has 3 rings (SSSR count). The second-order valence-corrected chi connectivity index (χ2v) is 4.56. The van der Waals surface area contributed by atoms with Crippen molar-refractivity contribution in [2.24, 2.45) is 7.05 Å². The summed E-state index contributed by atoms with van der Waals surface area (Å²) < 4.78 is 7.10. The first-order chi connectivity index (χ1) is 9.67. The molecule has 0 radical (unpaired) electrons. The van der Waals surface area contributed by atoms with Gasteiger partial charge >= 0.3 is 0 Å². The van der Waals surface area contributed by atoms with Crippen molar-refractivity contribution < 1.29 is 4.52 Å². The molecule has 6 heteroatoms. The Morgan fingerprint density at radius 1 is 1.25 bits per heavy atom. The van der Waals surface area contributed by atoms with E-state index in [9.17, 15) is 0 Å². The monoisotopic (exact) mass is 269 g/mol. The third-order valence-electron chi connectivity index (χ3n) is 3.07. The highest BCUT2D eigenvalue weighted by molar-refractivity contribution is 5.62. The molecule has 0 bridgehead atoms. The number of aryl methyl sites for hydroxylation is 2. The van der Waals surface area contributed by atoms with Crippen LogP contribution in [0.2, 0.25) is 0 Å². The summed E-state index contributed by atoms with van der Waals surface area (Å²) in [6, 6.07) is 7.36. The van der Waals surface area contributed by atoms with Crippen LogP contribution >= 0.6 is 0 Å². The molecular formula is C14H15N5O. The summed E-state index contributed by atoms with van der Waals surface area (Å²) in [5.74, 6) is 1.03. The highest BCUT2D eigenvalue weighted by Crippen LogP contribution is 2.25. The maximum atomic E-state index is 5.67. The third-order valence-corrected chi connectivity index (χ3v) is 3.07. The summed E-state index contributed by atoms with van der Waals surface area (Å²) in [6.45, 7) is 2.04. The van der Waals surface area contributed by atoms with Crippen molar-refractivity contribution in [3.05, 3.63) is 36.2 Å². The predicted octanol–water partition coefficient (Wildman–Crippen LogP) is 2.28. The molecule has 2 aromatic heterocycles. The van der Waals surface area contributed by atoms with Crippen molar-refractivity contribution in [3.63, 3.8) is 0 Å². The van der Waals surface area contributed by atoms with Gasteiger partial charge in [-0.05, 0) is 30.7 Å². The summed E-state index contributed by atoms with van der Waals surface area (Å²) in [5, 5.41) is 8.38. The molecule has 0 fully saturated rings. The zero-order chi connectivity index (χ0) is 14.1. The van der Waals surface area contributed by atoms with Crippen LogP contribution in [0.4, 0.5) is 5.69 Å². The van der Waals surface area contributed by atoms with Crippen LogP contribution in [-0.2, 0) is 13.5 Å². The summed E-state index contributed by atoms with van der Waals surface area (Å²) in [6.07, 6.45) is 2.70. The quantitative estimate of drug-likeness (QED) is 0.737. The number of nitrogen functional groups attached to an aromatic ring is 1. The number of nitrogens with two attached hydrogens (primary N) is 1. The van der Waals surface area contributed by atoms with Gasteiger partial charge in [-0.1, -0.05) is 12.1 Å². The maximum absolute atomic E-state index is 5.67. The molecule has 2 heterocycles. The molecule has 3 aromatic rings. The minimum Gasteiger partial charge on any atom is -0.399 e. The van der Waals surface area contributed by atoms with E-state index in [0.717, 1.165) is 23.2 Å². The van der Waals surface area contributed by atoms with Gasteiger partial charge in [0.05, 0.1) is 11.3 Å². The van der Waals surface area contributed by atoms with Crippen LogP contribution < -0.4 is 5.73 Å². The van der Waals surface area contributed by atoms with Gasteiger partial charge in [0.2, 0.25) is 5.82 Å². The van der Waals surface area contributed by atoms with E-state index in [2.05, 4.69) is 15.2 Å². The molecule has 6 nitrogen and oxygen atoms in total. The molecule has 0 aliphatic rings. The Morgan fingerprint density at radius 3 is 2.70 bits per heavy atom. The van der Waals surface area contributed by atoms with Crippen LogP contribution in [0.5, 0.6) is 0 Å². The van der Waals surface area contributed by atoms with E-state index in [4.69, 9.17) is 10.3 Å². The molecule has 0 atom stereocenters. The molecule has 0 saturated heterocycles. The average Bonchev–Trinajstić information content (AvgIpc) is 3.05. The fourth-order valence-electron chi connectivity index (χ4n) is 2.06. The standard InChI is InChI=1S/C14H15N5O/c1-3-12-11(8-19(2)17-12)14-16-13(18-20-14)9-4-6-10(15)7-5-9/h4-8H,3,15H2,1-2H3. The van der Waals surface area contributed by atoms with E-state index in [1.165, 1.54) is 0 Å². The van der Waals surface area contributed by atoms with Gasteiger partial charge in [-0.25, -0.2) is 0 Å². The second kappa shape index (κ2) is 4.80. The van der Waals surface area contributed by atoms with Crippen molar-refractivity contribution in [2.45, 2.75) is 13.3 Å². The molecule has 0 spiro atoms. The first-order valence-electron chi connectivity index (χ1n) is 6.40. The molecule has 0 unspecified atom stereocenters. The van der Waals surface area contributed by atoms with Gasteiger partial charge < -0.3 is 10.3 Å². The Hall–Kier alpha value is -2.63. The number of anilines is 1. The van der Waals surface area contributed by atoms with Gasteiger partial charge in [0, 0.05) is 24.5 Å². The van der Waals surface area contributed by atoms with Crippen LogP contribution in [-0.4, -0.2) is 19.9 Å². The summed E-state index contributed by atoms with van der Waals surface area (Å²) >= 11 is 0. The van der Waals surface area contributed by atoms with E-state index in [-0.39, 0.29) is 0 Å². The molecule has 102 valence electrons. The predicted molar refractivity (Wildman–Crippen MR) is 75.7 cm³/mol. The van der Waals surface area contributed by atoms with Gasteiger partial charge in [-0.3, -0.25) is 4.68 Å². The first kappa shape index (κ1) is 12.4. The van der Waals surface area contributed by atoms with Gasteiger partial charge in [0.15, 0.2) is 0 Å². The van der Waals surface area contributed by atoms with E-state index < -0.39 is 0 Å². The van der Waals surface area contributed by atoms with Crippen LogP contribution in [0.3, 0.4) is 0 Å². The number of nitrogens with zero attached hydrogens (tertiary/aromatic N) is 4. The van der Waals surface area contributed by atoms with Gasteiger partial charge in [-0.2, -0.15) is 10.1 Å². The lowest BCUT2D eigenvalue weighted by atomic mass is 10.2. The highest BCUT2D eigenvalue weighted by atomic mass is 16.5. The lowest BCUT2D eigenvalue weighted by Crippen LogP contribution is -1.89. The topological polar surface area (TPSA) is 82.8 Å². The lowest BCUT2D eigenvalue weighted by Gasteiger charge is -1.94. The number of hydrogen-bond donors (Lipinski definition) is 1.